The lowest BCUT2D eigenvalue weighted by Crippen LogP contribution is -2.53. The predicted octanol–water partition coefficient (Wildman–Crippen LogP) is 3.25. The number of nitrogens with one attached hydrogen (secondary N) is 1. The zero-order valence-corrected chi connectivity index (χ0v) is 19.4. The molecule has 3 atom stereocenters. The molecule has 8 nitrogen and oxygen atoms in total. The Labute approximate surface area is 198 Å². The summed E-state index contributed by atoms with van der Waals surface area (Å²) in [5.74, 6) is -1.71. The summed E-state index contributed by atoms with van der Waals surface area (Å²) in [6.07, 6.45) is 0.108. The monoisotopic (exact) mass is 466 g/mol. The van der Waals surface area contributed by atoms with Crippen LogP contribution < -0.4 is 5.32 Å². The summed E-state index contributed by atoms with van der Waals surface area (Å²) in [5, 5.41) is 12.2. The zero-order valence-electron chi connectivity index (χ0n) is 19.4. The molecule has 8 heteroatoms. The maximum Gasteiger partial charge on any atom is 0.407 e. The SMILES string of the molecule is COCCC(NC(=O)OCC1c2ccccc2-c2ccccc21)C(=O)N1CCC(C)C1C(=O)O. The van der Waals surface area contributed by atoms with E-state index in [1.807, 2.05) is 43.3 Å². The number of nitrogens with zero attached hydrogens (tertiary/aromatic N) is 1. The molecule has 2 aliphatic rings. The molecule has 4 rings (SSSR count). The Hall–Kier alpha value is -3.39. The van der Waals surface area contributed by atoms with E-state index in [0.717, 1.165) is 22.3 Å². The molecule has 3 unspecified atom stereocenters. The Morgan fingerprint density at radius 3 is 2.29 bits per heavy atom. The number of fused-ring (bicyclic) bond motifs is 3. The van der Waals surface area contributed by atoms with Gasteiger partial charge in [-0.15, -0.1) is 0 Å². The van der Waals surface area contributed by atoms with Crippen LogP contribution in [0.4, 0.5) is 4.79 Å². The van der Waals surface area contributed by atoms with Crippen molar-refractivity contribution in [3.05, 3.63) is 59.7 Å². The Morgan fingerprint density at radius 1 is 1.09 bits per heavy atom. The molecular weight excluding hydrogens is 436 g/mol. The molecule has 2 aromatic carbocycles. The molecule has 0 saturated carbocycles. The van der Waals surface area contributed by atoms with E-state index in [2.05, 4.69) is 17.4 Å². The van der Waals surface area contributed by atoms with Crippen LogP contribution in [0.15, 0.2) is 48.5 Å². The number of carboxylic acids is 1. The second-order valence-electron chi connectivity index (χ2n) is 8.88. The van der Waals surface area contributed by atoms with Gasteiger partial charge in [0, 0.05) is 32.6 Å². The van der Waals surface area contributed by atoms with Crippen LogP contribution in [0.1, 0.15) is 36.8 Å². The molecule has 2 N–H and O–H groups in total. The fourth-order valence-electron chi connectivity index (χ4n) is 5.05. The normalized spacial score (nSPS) is 19.9. The number of carboxylic acid groups (broad SMARTS) is 1. The third kappa shape index (κ3) is 4.63. The highest BCUT2D eigenvalue weighted by Gasteiger charge is 2.42. The Morgan fingerprint density at radius 2 is 1.71 bits per heavy atom. The smallest absolute Gasteiger partial charge is 0.407 e. The third-order valence-corrected chi connectivity index (χ3v) is 6.78. The number of carbonyl (C=O) groups is 3. The summed E-state index contributed by atoms with van der Waals surface area (Å²) in [6, 6.07) is 14.3. The van der Waals surface area contributed by atoms with Crippen LogP contribution in [-0.4, -0.2) is 66.9 Å². The van der Waals surface area contributed by atoms with Gasteiger partial charge in [-0.05, 0) is 34.6 Å². The van der Waals surface area contributed by atoms with Crippen LogP contribution in [-0.2, 0) is 19.1 Å². The number of likely N-dealkylation sites (tertiary alicyclic amines) is 1. The van der Waals surface area contributed by atoms with E-state index < -0.39 is 30.1 Å². The number of methoxy groups -OCH3 is 1. The maximum absolute atomic E-state index is 13.2. The molecule has 0 aromatic heterocycles. The molecule has 1 aliphatic heterocycles. The minimum atomic E-state index is -1.04. The van der Waals surface area contributed by atoms with Crippen LogP contribution in [0.5, 0.6) is 0 Å². The molecule has 1 heterocycles. The van der Waals surface area contributed by atoms with Gasteiger partial charge in [0.25, 0.3) is 0 Å². The van der Waals surface area contributed by atoms with Gasteiger partial charge in [-0.2, -0.15) is 0 Å². The number of ether oxygens (including phenoxy) is 2. The van der Waals surface area contributed by atoms with E-state index >= 15 is 0 Å². The number of aliphatic carboxylic acids is 1. The van der Waals surface area contributed by atoms with Crippen LogP contribution >= 0.6 is 0 Å². The highest BCUT2D eigenvalue weighted by Crippen LogP contribution is 2.44. The third-order valence-electron chi connectivity index (χ3n) is 6.78. The molecule has 0 radical (unpaired) electrons. The highest BCUT2D eigenvalue weighted by molar-refractivity contribution is 5.90. The average Bonchev–Trinajstić information content (AvgIpc) is 3.38. The van der Waals surface area contributed by atoms with Crippen molar-refractivity contribution in [3.8, 4) is 11.1 Å². The summed E-state index contributed by atoms with van der Waals surface area (Å²) >= 11 is 0. The standard InChI is InChI=1S/C26H30N2O6/c1-16-11-13-28(23(16)25(30)31)24(29)22(12-14-33-2)27-26(32)34-15-21-19-9-5-3-7-17(19)18-8-4-6-10-20(18)21/h3-10,16,21-23H,11-15H2,1-2H3,(H,27,32)(H,30,31). The first-order chi connectivity index (χ1) is 16.4. The Bertz CT molecular complexity index is 1030. The summed E-state index contributed by atoms with van der Waals surface area (Å²) in [7, 11) is 1.51. The lowest BCUT2D eigenvalue weighted by Gasteiger charge is -2.28. The molecule has 34 heavy (non-hydrogen) atoms. The van der Waals surface area contributed by atoms with E-state index in [9.17, 15) is 19.5 Å². The van der Waals surface area contributed by atoms with E-state index in [1.54, 1.807) is 0 Å². The minimum absolute atomic E-state index is 0.0953. The van der Waals surface area contributed by atoms with Crippen LogP contribution in [0.25, 0.3) is 11.1 Å². The van der Waals surface area contributed by atoms with Crippen LogP contribution in [0.2, 0.25) is 0 Å². The van der Waals surface area contributed by atoms with Gasteiger partial charge >= 0.3 is 12.1 Å². The molecule has 0 spiro atoms. The van der Waals surface area contributed by atoms with E-state index in [-0.39, 0.29) is 31.5 Å². The molecule has 1 aliphatic carbocycles. The van der Waals surface area contributed by atoms with Gasteiger partial charge in [-0.25, -0.2) is 9.59 Å². The van der Waals surface area contributed by atoms with Crippen molar-refractivity contribution in [2.24, 2.45) is 5.92 Å². The van der Waals surface area contributed by atoms with E-state index in [4.69, 9.17) is 9.47 Å². The number of rotatable bonds is 8. The number of alkyl carbamates (subject to hydrolysis) is 1. The van der Waals surface area contributed by atoms with Crippen molar-refractivity contribution in [1.82, 2.24) is 10.2 Å². The number of benzene rings is 2. The van der Waals surface area contributed by atoms with Gasteiger partial charge < -0.3 is 24.8 Å². The van der Waals surface area contributed by atoms with Gasteiger partial charge in [0.1, 0.15) is 18.7 Å². The summed E-state index contributed by atoms with van der Waals surface area (Å²) in [6.45, 7) is 2.52. The molecule has 1 saturated heterocycles. The second-order valence-corrected chi connectivity index (χ2v) is 8.88. The average molecular weight is 467 g/mol. The quantitative estimate of drug-likeness (QED) is 0.619. The fourth-order valence-corrected chi connectivity index (χ4v) is 5.05. The number of amides is 2. The zero-order chi connectivity index (χ0) is 24.2. The summed E-state index contributed by atoms with van der Waals surface area (Å²) < 4.78 is 10.7. The molecular formula is C26H30N2O6. The first-order valence-electron chi connectivity index (χ1n) is 11.6. The molecule has 180 valence electrons. The Balaban J connectivity index is 1.44. The largest absolute Gasteiger partial charge is 0.480 e. The van der Waals surface area contributed by atoms with Gasteiger partial charge in [-0.3, -0.25) is 4.79 Å². The first-order valence-corrected chi connectivity index (χ1v) is 11.6. The van der Waals surface area contributed by atoms with E-state index in [0.29, 0.717) is 13.0 Å². The number of hydrogen-bond acceptors (Lipinski definition) is 5. The number of carbonyl (C=O) groups excluding carboxylic acids is 2. The van der Waals surface area contributed by atoms with Gasteiger partial charge in [0.2, 0.25) is 5.91 Å². The van der Waals surface area contributed by atoms with Crippen molar-refractivity contribution in [2.75, 3.05) is 26.9 Å². The predicted molar refractivity (Wildman–Crippen MR) is 125 cm³/mol. The minimum Gasteiger partial charge on any atom is -0.480 e. The molecule has 2 amide bonds. The maximum atomic E-state index is 13.2. The van der Waals surface area contributed by atoms with E-state index in [1.165, 1.54) is 12.0 Å². The fraction of sp³-hybridized carbons (Fsp3) is 0.423. The van der Waals surface area contributed by atoms with Crippen molar-refractivity contribution >= 4 is 18.0 Å². The van der Waals surface area contributed by atoms with Crippen molar-refractivity contribution in [3.63, 3.8) is 0 Å². The summed E-state index contributed by atoms with van der Waals surface area (Å²) in [4.78, 5) is 39.0. The number of hydrogen-bond donors (Lipinski definition) is 2. The van der Waals surface area contributed by atoms with Crippen molar-refractivity contribution < 1.29 is 29.0 Å². The first kappa shape index (κ1) is 23.8. The Kier molecular flexibility index (Phi) is 7.17. The lowest BCUT2D eigenvalue weighted by molar-refractivity contribution is -0.150. The van der Waals surface area contributed by atoms with Crippen molar-refractivity contribution in [1.29, 1.82) is 0 Å². The second kappa shape index (κ2) is 10.3. The highest BCUT2D eigenvalue weighted by atomic mass is 16.5. The molecule has 2 aromatic rings. The van der Waals surface area contributed by atoms with Crippen LogP contribution in [0, 0.1) is 5.92 Å². The molecule has 1 fully saturated rings. The van der Waals surface area contributed by atoms with Gasteiger partial charge in [-0.1, -0.05) is 55.5 Å². The lowest BCUT2D eigenvalue weighted by atomic mass is 9.98. The van der Waals surface area contributed by atoms with Gasteiger partial charge in [0.15, 0.2) is 0 Å². The van der Waals surface area contributed by atoms with Crippen molar-refractivity contribution in [2.45, 2.75) is 37.8 Å². The molecule has 0 bridgehead atoms. The van der Waals surface area contributed by atoms with Gasteiger partial charge in [0.05, 0.1) is 0 Å². The van der Waals surface area contributed by atoms with Crippen LogP contribution in [0.3, 0.4) is 0 Å². The topological polar surface area (TPSA) is 105 Å². The summed E-state index contributed by atoms with van der Waals surface area (Å²) in [5.41, 5.74) is 4.45.